The molecular formula is C15H20ClNO. The molecule has 2 aromatic rings. The third kappa shape index (κ3) is 2.04. The van der Waals surface area contributed by atoms with Crippen LogP contribution in [0.3, 0.4) is 0 Å². The fourth-order valence-electron chi connectivity index (χ4n) is 2.60. The summed E-state index contributed by atoms with van der Waals surface area (Å²) in [7, 11) is 0. The Morgan fingerprint density at radius 2 is 2.06 bits per heavy atom. The normalized spacial score (nSPS) is 13.2. The summed E-state index contributed by atoms with van der Waals surface area (Å²) in [5.74, 6) is 0. The Balaban J connectivity index is 2.83. The van der Waals surface area contributed by atoms with E-state index in [1.807, 2.05) is 6.07 Å². The molecule has 1 aromatic carbocycles. The first-order valence-electron chi connectivity index (χ1n) is 6.59. The third-order valence-corrected chi connectivity index (χ3v) is 3.79. The van der Waals surface area contributed by atoms with Crippen LogP contribution < -0.4 is 0 Å². The van der Waals surface area contributed by atoms with Crippen LogP contribution >= 0.6 is 11.6 Å². The molecule has 1 unspecified atom stereocenters. The van der Waals surface area contributed by atoms with Crippen LogP contribution in [-0.2, 0) is 13.0 Å². The Labute approximate surface area is 113 Å². The first-order valence-corrected chi connectivity index (χ1v) is 6.97. The number of hydrogen-bond donors (Lipinski definition) is 1. The lowest BCUT2D eigenvalue weighted by atomic mass is 10.0. The van der Waals surface area contributed by atoms with Gasteiger partial charge in [0.25, 0.3) is 0 Å². The highest BCUT2D eigenvalue weighted by atomic mass is 35.5. The van der Waals surface area contributed by atoms with Crippen molar-refractivity contribution >= 4 is 22.5 Å². The lowest BCUT2D eigenvalue weighted by Crippen LogP contribution is -1.99. The standard InChI is InChI=1S/C15H20ClNO/c1-4-9-17-14-11(5-2)7-6-8-12(14)13(10(3)18)15(17)16/h6-8,10,18H,4-5,9H2,1-3H3. The van der Waals surface area contributed by atoms with Gasteiger partial charge in [-0.15, -0.1) is 0 Å². The number of aliphatic hydroxyl groups is 1. The van der Waals surface area contributed by atoms with Crippen LogP contribution in [0.1, 0.15) is 44.4 Å². The summed E-state index contributed by atoms with van der Waals surface area (Å²) in [6, 6.07) is 6.23. The van der Waals surface area contributed by atoms with Gasteiger partial charge in [-0.25, -0.2) is 0 Å². The lowest BCUT2D eigenvalue weighted by Gasteiger charge is -2.08. The van der Waals surface area contributed by atoms with Crippen LogP contribution in [0.25, 0.3) is 10.9 Å². The molecule has 0 aliphatic carbocycles. The minimum absolute atomic E-state index is 0.537. The fourth-order valence-corrected chi connectivity index (χ4v) is 3.03. The summed E-state index contributed by atoms with van der Waals surface area (Å²) in [5.41, 5.74) is 3.33. The predicted molar refractivity (Wildman–Crippen MR) is 77.3 cm³/mol. The molecule has 0 aliphatic rings. The number of para-hydroxylation sites is 1. The second-order valence-electron chi connectivity index (χ2n) is 4.70. The minimum Gasteiger partial charge on any atom is -0.389 e. The number of aryl methyl sites for hydroxylation is 2. The summed E-state index contributed by atoms with van der Waals surface area (Å²) < 4.78 is 2.14. The zero-order chi connectivity index (χ0) is 13.3. The summed E-state index contributed by atoms with van der Waals surface area (Å²) in [5, 5.41) is 11.7. The van der Waals surface area contributed by atoms with E-state index in [9.17, 15) is 5.11 Å². The number of aromatic nitrogens is 1. The molecule has 1 aromatic heterocycles. The Kier molecular flexibility index (Phi) is 3.98. The molecule has 98 valence electrons. The van der Waals surface area contributed by atoms with Crippen molar-refractivity contribution in [3.05, 3.63) is 34.5 Å². The van der Waals surface area contributed by atoms with Crippen LogP contribution in [-0.4, -0.2) is 9.67 Å². The molecule has 0 saturated carbocycles. The second kappa shape index (κ2) is 5.33. The summed E-state index contributed by atoms with van der Waals surface area (Å²) in [6.45, 7) is 6.95. The molecule has 3 heteroatoms. The summed E-state index contributed by atoms with van der Waals surface area (Å²) >= 11 is 6.46. The van der Waals surface area contributed by atoms with E-state index in [2.05, 4.69) is 30.5 Å². The van der Waals surface area contributed by atoms with Gasteiger partial charge >= 0.3 is 0 Å². The van der Waals surface area contributed by atoms with Crippen LogP contribution in [0.4, 0.5) is 0 Å². The first kappa shape index (κ1) is 13.4. The Morgan fingerprint density at radius 3 is 2.61 bits per heavy atom. The molecule has 0 aliphatic heterocycles. The van der Waals surface area contributed by atoms with Gasteiger partial charge in [-0.1, -0.05) is 43.6 Å². The quantitative estimate of drug-likeness (QED) is 0.875. The van der Waals surface area contributed by atoms with Crippen molar-refractivity contribution in [2.45, 2.75) is 46.3 Å². The fraction of sp³-hybridized carbons (Fsp3) is 0.467. The van der Waals surface area contributed by atoms with Gasteiger partial charge in [0.1, 0.15) is 5.15 Å². The van der Waals surface area contributed by atoms with Crippen LogP contribution in [0, 0.1) is 0 Å². The highest BCUT2D eigenvalue weighted by Gasteiger charge is 2.20. The highest BCUT2D eigenvalue weighted by Crippen LogP contribution is 2.36. The molecular weight excluding hydrogens is 246 g/mol. The van der Waals surface area contributed by atoms with Crippen molar-refractivity contribution in [1.82, 2.24) is 4.57 Å². The Bertz CT molecular complexity index is 557. The SMILES string of the molecule is CCCn1c(Cl)c(C(C)O)c2cccc(CC)c21. The van der Waals surface area contributed by atoms with Crippen molar-refractivity contribution in [2.24, 2.45) is 0 Å². The van der Waals surface area contributed by atoms with Crippen LogP contribution in [0.15, 0.2) is 18.2 Å². The van der Waals surface area contributed by atoms with Gasteiger partial charge in [-0.05, 0) is 25.3 Å². The maximum absolute atomic E-state index is 9.95. The van der Waals surface area contributed by atoms with Crippen molar-refractivity contribution in [2.75, 3.05) is 0 Å². The molecule has 0 amide bonds. The molecule has 0 spiro atoms. The number of aliphatic hydroxyl groups excluding tert-OH is 1. The van der Waals surface area contributed by atoms with E-state index in [-0.39, 0.29) is 0 Å². The van der Waals surface area contributed by atoms with Crippen molar-refractivity contribution in [1.29, 1.82) is 0 Å². The van der Waals surface area contributed by atoms with Gasteiger partial charge in [0, 0.05) is 17.5 Å². The van der Waals surface area contributed by atoms with E-state index in [4.69, 9.17) is 11.6 Å². The molecule has 2 nitrogen and oxygen atoms in total. The number of fused-ring (bicyclic) bond motifs is 1. The number of rotatable bonds is 4. The van der Waals surface area contributed by atoms with E-state index in [1.165, 1.54) is 11.1 Å². The van der Waals surface area contributed by atoms with Crippen molar-refractivity contribution in [3.8, 4) is 0 Å². The molecule has 0 radical (unpaired) electrons. The van der Waals surface area contributed by atoms with Crippen molar-refractivity contribution in [3.63, 3.8) is 0 Å². The van der Waals surface area contributed by atoms with E-state index in [0.29, 0.717) is 5.15 Å². The van der Waals surface area contributed by atoms with Gasteiger partial charge < -0.3 is 9.67 Å². The molecule has 0 fully saturated rings. The number of hydrogen-bond acceptors (Lipinski definition) is 1. The van der Waals surface area contributed by atoms with E-state index in [0.717, 1.165) is 30.3 Å². The highest BCUT2D eigenvalue weighted by molar-refractivity contribution is 6.32. The second-order valence-corrected chi connectivity index (χ2v) is 5.06. The zero-order valence-electron chi connectivity index (χ0n) is 11.2. The largest absolute Gasteiger partial charge is 0.389 e. The third-order valence-electron chi connectivity index (χ3n) is 3.38. The first-order chi connectivity index (χ1) is 8.61. The summed E-state index contributed by atoms with van der Waals surface area (Å²) in [4.78, 5) is 0. The maximum atomic E-state index is 9.95. The number of nitrogens with zero attached hydrogens (tertiary/aromatic N) is 1. The maximum Gasteiger partial charge on any atom is 0.115 e. The van der Waals surface area contributed by atoms with E-state index >= 15 is 0 Å². The lowest BCUT2D eigenvalue weighted by molar-refractivity contribution is 0.200. The van der Waals surface area contributed by atoms with Crippen molar-refractivity contribution < 1.29 is 5.11 Å². The molecule has 0 saturated heterocycles. The van der Waals surface area contributed by atoms with Gasteiger partial charge in [-0.3, -0.25) is 0 Å². The van der Waals surface area contributed by atoms with Gasteiger partial charge in [-0.2, -0.15) is 0 Å². The summed E-state index contributed by atoms with van der Waals surface area (Å²) in [6.07, 6.45) is 1.46. The molecule has 1 atom stereocenters. The van der Waals surface area contributed by atoms with E-state index < -0.39 is 6.10 Å². The monoisotopic (exact) mass is 265 g/mol. The minimum atomic E-state index is -0.537. The topological polar surface area (TPSA) is 25.2 Å². The smallest absolute Gasteiger partial charge is 0.115 e. The number of halogens is 1. The van der Waals surface area contributed by atoms with E-state index in [1.54, 1.807) is 6.92 Å². The Morgan fingerprint density at radius 1 is 1.33 bits per heavy atom. The molecule has 1 heterocycles. The average molecular weight is 266 g/mol. The van der Waals surface area contributed by atoms with Crippen LogP contribution in [0.5, 0.6) is 0 Å². The number of benzene rings is 1. The van der Waals surface area contributed by atoms with Crippen LogP contribution in [0.2, 0.25) is 5.15 Å². The Hall–Kier alpha value is -0.990. The molecule has 18 heavy (non-hydrogen) atoms. The predicted octanol–water partition coefficient (Wildman–Crippen LogP) is 4.32. The molecule has 1 N–H and O–H groups in total. The molecule has 2 rings (SSSR count). The van der Waals surface area contributed by atoms with Gasteiger partial charge in [0.05, 0.1) is 11.6 Å². The van der Waals surface area contributed by atoms with Gasteiger partial charge in [0.2, 0.25) is 0 Å². The zero-order valence-corrected chi connectivity index (χ0v) is 12.0. The molecule has 0 bridgehead atoms. The van der Waals surface area contributed by atoms with Gasteiger partial charge in [0.15, 0.2) is 0 Å². The average Bonchev–Trinajstić information content (AvgIpc) is 2.63.